The molecule has 9 heteroatoms. The Morgan fingerprint density at radius 3 is 2.84 bits per heavy atom. The van der Waals surface area contributed by atoms with Gasteiger partial charge in [-0.05, 0) is 29.8 Å². The van der Waals surface area contributed by atoms with Crippen LogP contribution in [0.1, 0.15) is 10.4 Å². The Morgan fingerprint density at radius 2 is 2.12 bits per heavy atom. The summed E-state index contributed by atoms with van der Waals surface area (Å²) < 4.78 is 10.1. The smallest absolute Gasteiger partial charge is 0.337 e. The summed E-state index contributed by atoms with van der Waals surface area (Å²) in [4.78, 5) is 22.1. The number of carbonyl (C=O) groups excluding carboxylic acids is 1. The largest absolute Gasteiger partial charge is 0.465 e. The van der Waals surface area contributed by atoms with Crippen molar-refractivity contribution in [1.82, 2.24) is 9.97 Å². The van der Waals surface area contributed by atoms with Gasteiger partial charge < -0.3 is 25.4 Å². The Morgan fingerprint density at radius 1 is 1.36 bits per heavy atom. The SMILES string of the molecule is COC(=O)c1cccc(Nc2nc(Cl)nc(N3CCOCC3)c2N)c1. The Kier molecular flexibility index (Phi) is 5.20. The van der Waals surface area contributed by atoms with E-state index in [1.54, 1.807) is 24.3 Å². The Labute approximate surface area is 149 Å². The molecule has 0 unspecified atom stereocenters. The second kappa shape index (κ2) is 7.54. The van der Waals surface area contributed by atoms with Crippen LogP contribution >= 0.6 is 11.6 Å². The molecule has 0 bridgehead atoms. The molecule has 0 atom stereocenters. The Hall–Kier alpha value is -2.58. The van der Waals surface area contributed by atoms with Crippen molar-refractivity contribution in [2.75, 3.05) is 49.4 Å². The quantitative estimate of drug-likeness (QED) is 0.628. The normalized spacial score (nSPS) is 14.2. The number of carbonyl (C=O) groups is 1. The molecular formula is C16H18ClN5O3. The number of ether oxygens (including phenoxy) is 2. The van der Waals surface area contributed by atoms with Crippen LogP contribution in [0.25, 0.3) is 0 Å². The summed E-state index contributed by atoms with van der Waals surface area (Å²) in [5.74, 6) is 0.518. The van der Waals surface area contributed by atoms with E-state index >= 15 is 0 Å². The number of methoxy groups -OCH3 is 1. The average molecular weight is 364 g/mol. The van der Waals surface area contributed by atoms with E-state index in [1.165, 1.54) is 7.11 Å². The van der Waals surface area contributed by atoms with Crippen LogP contribution in [0.3, 0.4) is 0 Å². The van der Waals surface area contributed by atoms with Crippen molar-refractivity contribution >= 4 is 40.6 Å². The topological polar surface area (TPSA) is 103 Å². The number of nitrogens with zero attached hydrogens (tertiary/aromatic N) is 3. The zero-order chi connectivity index (χ0) is 17.8. The number of aromatic nitrogens is 2. The standard InChI is InChI=1S/C16H18ClN5O3/c1-24-15(23)10-3-2-4-11(9-10)19-13-12(18)14(21-16(17)20-13)22-5-7-25-8-6-22/h2-4,9H,5-8,18H2,1H3,(H,19,20,21). The minimum absolute atomic E-state index is 0.0855. The number of nitrogen functional groups attached to an aromatic ring is 1. The molecule has 2 heterocycles. The zero-order valence-corrected chi connectivity index (χ0v) is 14.4. The second-order valence-corrected chi connectivity index (χ2v) is 5.71. The lowest BCUT2D eigenvalue weighted by Gasteiger charge is -2.29. The van der Waals surface area contributed by atoms with Crippen molar-refractivity contribution in [3.63, 3.8) is 0 Å². The van der Waals surface area contributed by atoms with E-state index in [1.807, 2.05) is 4.90 Å². The first-order valence-corrected chi connectivity index (χ1v) is 8.07. The molecular weight excluding hydrogens is 346 g/mol. The summed E-state index contributed by atoms with van der Waals surface area (Å²) in [6, 6.07) is 6.83. The van der Waals surface area contributed by atoms with Gasteiger partial charge in [0.1, 0.15) is 5.69 Å². The van der Waals surface area contributed by atoms with E-state index in [2.05, 4.69) is 15.3 Å². The molecule has 0 aliphatic carbocycles. The number of hydrogen-bond acceptors (Lipinski definition) is 8. The van der Waals surface area contributed by atoms with E-state index < -0.39 is 5.97 Å². The van der Waals surface area contributed by atoms with E-state index in [0.717, 1.165) is 0 Å². The van der Waals surface area contributed by atoms with Gasteiger partial charge in [-0.1, -0.05) is 6.07 Å². The molecule has 0 amide bonds. The third-order valence-electron chi connectivity index (χ3n) is 3.76. The first-order chi connectivity index (χ1) is 12.1. The molecule has 1 aromatic heterocycles. The maximum atomic E-state index is 11.7. The number of anilines is 4. The minimum atomic E-state index is -0.425. The number of halogens is 1. The summed E-state index contributed by atoms with van der Waals surface area (Å²) in [6.45, 7) is 2.56. The van der Waals surface area contributed by atoms with Gasteiger partial charge in [0.2, 0.25) is 5.28 Å². The molecule has 1 aliphatic heterocycles. The number of esters is 1. The van der Waals surface area contributed by atoms with Crippen LogP contribution in [0.5, 0.6) is 0 Å². The van der Waals surface area contributed by atoms with Crippen LogP contribution in [0, 0.1) is 0 Å². The Balaban J connectivity index is 1.90. The van der Waals surface area contributed by atoms with Crippen LogP contribution in [0.2, 0.25) is 5.28 Å². The average Bonchev–Trinajstić information content (AvgIpc) is 2.64. The highest BCUT2D eigenvalue weighted by atomic mass is 35.5. The van der Waals surface area contributed by atoms with Crippen molar-refractivity contribution in [3.05, 3.63) is 35.1 Å². The summed E-state index contributed by atoms with van der Waals surface area (Å²) in [5, 5.41) is 3.17. The second-order valence-electron chi connectivity index (χ2n) is 5.38. The van der Waals surface area contributed by atoms with Crippen LogP contribution in [-0.2, 0) is 9.47 Å². The van der Waals surface area contributed by atoms with Crippen molar-refractivity contribution in [2.24, 2.45) is 0 Å². The van der Waals surface area contributed by atoms with Gasteiger partial charge >= 0.3 is 5.97 Å². The predicted octanol–water partition coefficient (Wildman–Crippen LogP) is 2.08. The molecule has 3 rings (SSSR count). The lowest BCUT2D eigenvalue weighted by Crippen LogP contribution is -2.37. The van der Waals surface area contributed by atoms with Crippen LogP contribution in [-0.4, -0.2) is 49.4 Å². The summed E-state index contributed by atoms with van der Waals surface area (Å²) in [7, 11) is 1.33. The molecule has 1 aromatic carbocycles. The first kappa shape index (κ1) is 17.2. The molecule has 1 fully saturated rings. The van der Waals surface area contributed by atoms with Crippen LogP contribution < -0.4 is 16.0 Å². The minimum Gasteiger partial charge on any atom is -0.465 e. The molecule has 2 aromatic rings. The number of rotatable bonds is 4. The van der Waals surface area contributed by atoms with Crippen molar-refractivity contribution in [2.45, 2.75) is 0 Å². The summed E-state index contributed by atoms with van der Waals surface area (Å²) >= 11 is 6.06. The monoisotopic (exact) mass is 363 g/mol. The molecule has 25 heavy (non-hydrogen) atoms. The van der Waals surface area contributed by atoms with Gasteiger partial charge in [0, 0.05) is 18.8 Å². The number of nitrogens with two attached hydrogens (primary N) is 1. The van der Waals surface area contributed by atoms with Crippen LogP contribution in [0.4, 0.5) is 23.0 Å². The van der Waals surface area contributed by atoms with Crippen molar-refractivity contribution in [1.29, 1.82) is 0 Å². The molecule has 0 saturated carbocycles. The molecule has 1 aliphatic rings. The molecule has 132 valence electrons. The zero-order valence-electron chi connectivity index (χ0n) is 13.7. The number of nitrogens with one attached hydrogen (secondary N) is 1. The molecule has 8 nitrogen and oxygen atoms in total. The highest BCUT2D eigenvalue weighted by Crippen LogP contribution is 2.31. The predicted molar refractivity (Wildman–Crippen MR) is 95.6 cm³/mol. The number of benzene rings is 1. The Bertz CT molecular complexity index is 780. The first-order valence-electron chi connectivity index (χ1n) is 7.69. The third-order valence-corrected chi connectivity index (χ3v) is 3.92. The van der Waals surface area contributed by atoms with E-state index in [4.69, 9.17) is 26.8 Å². The van der Waals surface area contributed by atoms with Gasteiger partial charge in [0.05, 0.1) is 25.9 Å². The van der Waals surface area contributed by atoms with Gasteiger partial charge in [-0.2, -0.15) is 9.97 Å². The lowest BCUT2D eigenvalue weighted by molar-refractivity contribution is 0.0601. The van der Waals surface area contributed by atoms with E-state index in [9.17, 15) is 4.79 Å². The van der Waals surface area contributed by atoms with Gasteiger partial charge in [-0.25, -0.2) is 4.79 Å². The maximum absolute atomic E-state index is 11.7. The van der Waals surface area contributed by atoms with Gasteiger partial charge in [0.15, 0.2) is 11.6 Å². The highest BCUT2D eigenvalue weighted by Gasteiger charge is 2.19. The van der Waals surface area contributed by atoms with E-state index in [-0.39, 0.29) is 5.28 Å². The molecule has 0 radical (unpaired) electrons. The van der Waals surface area contributed by atoms with E-state index in [0.29, 0.717) is 54.9 Å². The fourth-order valence-electron chi connectivity index (χ4n) is 2.52. The highest BCUT2D eigenvalue weighted by molar-refractivity contribution is 6.28. The third kappa shape index (κ3) is 3.92. The lowest BCUT2D eigenvalue weighted by atomic mass is 10.2. The van der Waals surface area contributed by atoms with Crippen molar-refractivity contribution in [3.8, 4) is 0 Å². The van der Waals surface area contributed by atoms with Gasteiger partial charge in [-0.15, -0.1) is 0 Å². The van der Waals surface area contributed by atoms with Crippen LogP contribution in [0.15, 0.2) is 24.3 Å². The number of morpholine rings is 1. The molecule has 3 N–H and O–H groups in total. The summed E-state index contributed by atoms with van der Waals surface area (Å²) in [5.41, 5.74) is 7.67. The maximum Gasteiger partial charge on any atom is 0.337 e. The fourth-order valence-corrected chi connectivity index (χ4v) is 2.69. The number of hydrogen-bond donors (Lipinski definition) is 2. The molecule has 1 saturated heterocycles. The van der Waals surface area contributed by atoms with Crippen molar-refractivity contribution < 1.29 is 14.3 Å². The molecule has 0 spiro atoms. The summed E-state index contributed by atoms with van der Waals surface area (Å²) in [6.07, 6.45) is 0. The fraction of sp³-hybridized carbons (Fsp3) is 0.312. The van der Waals surface area contributed by atoms with Gasteiger partial charge in [0.25, 0.3) is 0 Å². The van der Waals surface area contributed by atoms with Gasteiger partial charge in [-0.3, -0.25) is 0 Å².